The Balaban J connectivity index is 1.52. The van der Waals surface area contributed by atoms with Gasteiger partial charge in [0.05, 0.1) is 6.10 Å². The van der Waals surface area contributed by atoms with Gasteiger partial charge in [0, 0.05) is 38.2 Å². The number of fused-ring (bicyclic) bond motifs is 2. The van der Waals surface area contributed by atoms with Gasteiger partial charge in [0.15, 0.2) is 0 Å². The van der Waals surface area contributed by atoms with Crippen molar-refractivity contribution in [1.82, 2.24) is 10.2 Å². The van der Waals surface area contributed by atoms with Crippen LogP contribution in [0.2, 0.25) is 0 Å². The zero-order valence-electron chi connectivity index (χ0n) is 11.9. The Morgan fingerprint density at radius 3 is 2.79 bits per heavy atom. The highest BCUT2D eigenvalue weighted by Crippen LogP contribution is 2.33. The number of amides is 1. The van der Waals surface area contributed by atoms with Crippen molar-refractivity contribution in [2.45, 2.75) is 63.6 Å². The summed E-state index contributed by atoms with van der Waals surface area (Å²) in [6.45, 7) is 4.51. The van der Waals surface area contributed by atoms with E-state index in [1.165, 1.54) is 25.7 Å². The van der Waals surface area contributed by atoms with Gasteiger partial charge >= 0.3 is 0 Å². The first-order valence-electron chi connectivity index (χ1n) is 7.86. The molecule has 3 atom stereocenters. The molecule has 3 aliphatic rings. The molecule has 0 aromatic heterocycles. The average molecular weight is 266 g/mol. The Kier molecular flexibility index (Phi) is 4.08. The van der Waals surface area contributed by atoms with Gasteiger partial charge in [-0.3, -0.25) is 4.79 Å². The van der Waals surface area contributed by atoms with Crippen molar-refractivity contribution in [1.29, 1.82) is 0 Å². The van der Waals surface area contributed by atoms with Gasteiger partial charge in [-0.2, -0.15) is 0 Å². The molecule has 1 N–H and O–H groups in total. The second kappa shape index (κ2) is 5.80. The maximum Gasteiger partial charge on any atom is 0.222 e. The summed E-state index contributed by atoms with van der Waals surface area (Å²) in [6.07, 6.45) is 6.93. The van der Waals surface area contributed by atoms with Crippen LogP contribution in [0.1, 0.15) is 45.4 Å². The topological polar surface area (TPSA) is 41.6 Å². The molecular weight excluding hydrogens is 240 g/mol. The van der Waals surface area contributed by atoms with Crippen LogP contribution >= 0.6 is 0 Å². The lowest BCUT2D eigenvalue weighted by Crippen LogP contribution is -2.41. The van der Waals surface area contributed by atoms with Crippen LogP contribution in [-0.2, 0) is 9.53 Å². The second-order valence-corrected chi connectivity index (χ2v) is 6.55. The van der Waals surface area contributed by atoms with Gasteiger partial charge in [-0.1, -0.05) is 0 Å². The first-order valence-corrected chi connectivity index (χ1v) is 7.86. The van der Waals surface area contributed by atoms with E-state index in [0.29, 0.717) is 23.9 Å². The number of nitrogens with one attached hydrogen (secondary N) is 1. The molecule has 0 saturated carbocycles. The molecule has 0 spiro atoms. The fourth-order valence-corrected chi connectivity index (χ4v) is 3.94. The number of carbonyl (C=O) groups excluding carboxylic acids is 1. The van der Waals surface area contributed by atoms with E-state index >= 15 is 0 Å². The Bertz CT molecular complexity index is 322. The molecule has 3 fully saturated rings. The maximum absolute atomic E-state index is 12.4. The average Bonchev–Trinajstić information content (AvgIpc) is 2.60. The quantitative estimate of drug-likeness (QED) is 0.824. The summed E-state index contributed by atoms with van der Waals surface area (Å²) in [6, 6.07) is 1.37. The number of hydrogen-bond acceptors (Lipinski definition) is 3. The van der Waals surface area contributed by atoms with Crippen LogP contribution in [0, 0.1) is 5.92 Å². The predicted molar refractivity (Wildman–Crippen MR) is 73.9 cm³/mol. The number of piperidine rings is 1. The normalized spacial score (nSPS) is 39.1. The fraction of sp³-hybridized carbons (Fsp3) is 0.933. The molecule has 2 bridgehead atoms. The van der Waals surface area contributed by atoms with Crippen molar-refractivity contribution < 1.29 is 9.53 Å². The van der Waals surface area contributed by atoms with Crippen LogP contribution in [0.5, 0.6) is 0 Å². The number of nitrogens with zero attached hydrogens (tertiary/aromatic N) is 1. The summed E-state index contributed by atoms with van der Waals surface area (Å²) in [5, 5.41) is 3.65. The first kappa shape index (κ1) is 13.4. The molecule has 3 unspecified atom stereocenters. The van der Waals surface area contributed by atoms with Gasteiger partial charge in [-0.25, -0.2) is 0 Å². The largest absolute Gasteiger partial charge is 0.377 e. The van der Waals surface area contributed by atoms with Gasteiger partial charge in [0.1, 0.15) is 0 Å². The number of rotatable bonds is 2. The number of ether oxygens (including phenoxy) is 1. The van der Waals surface area contributed by atoms with E-state index in [1.807, 2.05) is 4.90 Å². The minimum Gasteiger partial charge on any atom is -0.377 e. The zero-order chi connectivity index (χ0) is 13.2. The maximum atomic E-state index is 12.4. The molecule has 108 valence electrons. The summed E-state index contributed by atoms with van der Waals surface area (Å²) in [5.41, 5.74) is 0. The standard InChI is InChI=1S/C15H26N2O2/c1-11-10-17(5-2-6-19-11)15(18)9-12-7-13-3-4-14(8-12)16-13/h11-14,16H,2-10H2,1H3. The van der Waals surface area contributed by atoms with E-state index < -0.39 is 0 Å². The van der Waals surface area contributed by atoms with Crippen LogP contribution < -0.4 is 5.32 Å². The molecule has 4 nitrogen and oxygen atoms in total. The minimum absolute atomic E-state index is 0.190. The Hall–Kier alpha value is -0.610. The van der Waals surface area contributed by atoms with Crippen molar-refractivity contribution in [3.63, 3.8) is 0 Å². The molecule has 3 rings (SSSR count). The molecule has 1 amide bonds. The molecule has 3 heterocycles. The van der Waals surface area contributed by atoms with Gasteiger partial charge in [-0.15, -0.1) is 0 Å². The first-order chi connectivity index (χ1) is 9.20. The molecule has 0 radical (unpaired) electrons. The predicted octanol–water partition coefficient (Wildman–Crippen LogP) is 1.54. The van der Waals surface area contributed by atoms with E-state index in [4.69, 9.17) is 4.74 Å². The lowest BCUT2D eigenvalue weighted by Gasteiger charge is -2.30. The molecular formula is C15H26N2O2. The molecule has 0 aromatic rings. The van der Waals surface area contributed by atoms with Crippen molar-refractivity contribution in [2.75, 3.05) is 19.7 Å². The van der Waals surface area contributed by atoms with E-state index in [1.54, 1.807) is 0 Å². The van der Waals surface area contributed by atoms with Gasteiger partial charge in [0.2, 0.25) is 5.91 Å². The molecule has 4 heteroatoms. The Morgan fingerprint density at radius 2 is 2.05 bits per heavy atom. The molecule has 0 aromatic carbocycles. The van der Waals surface area contributed by atoms with Crippen LogP contribution in [0.4, 0.5) is 0 Å². The summed E-state index contributed by atoms with van der Waals surface area (Å²) < 4.78 is 5.61. The number of hydrogen-bond donors (Lipinski definition) is 1. The lowest BCUT2D eigenvalue weighted by molar-refractivity contribution is -0.133. The van der Waals surface area contributed by atoms with Crippen molar-refractivity contribution in [3.8, 4) is 0 Å². The fourth-order valence-electron chi connectivity index (χ4n) is 3.94. The second-order valence-electron chi connectivity index (χ2n) is 6.55. The highest BCUT2D eigenvalue weighted by atomic mass is 16.5. The third-order valence-electron chi connectivity index (χ3n) is 4.84. The molecule has 19 heavy (non-hydrogen) atoms. The monoisotopic (exact) mass is 266 g/mol. The highest BCUT2D eigenvalue weighted by Gasteiger charge is 2.35. The third kappa shape index (κ3) is 3.29. The third-order valence-corrected chi connectivity index (χ3v) is 4.84. The summed E-state index contributed by atoms with van der Waals surface area (Å²) in [5.74, 6) is 0.953. The summed E-state index contributed by atoms with van der Waals surface area (Å²) in [4.78, 5) is 14.5. The summed E-state index contributed by atoms with van der Waals surface area (Å²) >= 11 is 0. The minimum atomic E-state index is 0.190. The molecule has 0 aliphatic carbocycles. The lowest BCUT2D eigenvalue weighted by atomic mass is 9.89. The smallest absolute Gasteiger partial charge is 0.222 e. The molecule has 3 saturated heterocycles. The van der Waals surface area contributed by atoms with E-state index in [2.05, 4.69) is 12.2 Å². The Morgan fingerprint density at radius 1 is 1.32 bits per heavy atom. The van der Waals surface area contributed by atoms with Crippen molar-refractivity contribution in [2.24, 2.45) is 5.92 Å². The highest BCUT2D eigenvalue weighted by molar-refractivity contribution is 5.76. The summed E-state index contributed by atoms with van der Waals surface area (Å²) in [7, 11) is 0. The van der Waals surface area contributed by atoms with Gasteiger partial charge in [0.25, 0.3) is 0 Å². The van der Waals surface area contributed by atoms with Crippen LogP contribution in [0.15, 0.2) is 0 Å². The van der Waals surface area contributed by atoms with E-state index in [9.17, 15) is 4.79 Å². The van der Waals surface area contributed by atoms with Crippen LogP contribution in [0.25, 0.3) is 0 Å². The van der Waals surface area contributed by atoms with E-state index in [-0.39, 0.29) is 6.10 Å². The zero-order valence-corrected chi connectivity index (χ0v) is 11.9. The molecule has 3 aliphatic heterocycles. The van der Waals surface area contributed by atoms with Crippen molar-refractivity contribution >= 4 is 5.91 Å². The Labute approximate surface area is 115 Å². The number of carbonyl (C=O) groups is 1. The SMILES string of the molecule is CC1CN(C(=O)CC2CC3CCC(C2)N3)CCCO1. The van der Waals surface area contributed by atoms with E-state index in [0.717, 1.165) is 32.5 Å². The van der Waals surface area contributed by atoms with Crippen LogP contribution in [-0.4, -0.2) is 48.7 Å². The van der Waals surface area contributed by atoms with Crippen molar-refractivity contribution in [3.05, 3.63) is 0 Å². The van der Waals surface area contributed by atoms with Crippen LogP contribution in [0.3, 0.4) is 0 Å². The van der Waals surface area contributed by atoms with Gasteiger partial charge < -0.3 is 15.0 Å². The van der Waals surface area contributed by atoms with Gasteiger partial charge in [-0.05, 0) is 44.9 Å².